The van der Waals surface area contributed by atoms with Crippen LogP contribution in [-0.4, -0.2) is 30.6 Å². The average Bonchev–Trinajstić information content (AvgIpc) is 2.84. The van der Waals surface area contributed by atoms with Crippen LogP contribution in [0.1, 0.15) is 34.0 Å². The Kier molecular flexibility index (Phi) is 8.22. The van der Waals surface area contributed by atoms with Crippen LogP contribution in [0, 0.1) is 13.8 Å². The molecule has 0 spiro atoms. The minimum absolute atomic E-state index is 0.200. The van der Waals surface area contributed by atoms with Gasteiger partial charge in [0.2, 0.25) is 0 Å². The largest absolute Gasteiger partial charge is 0.493 e. The molecule has 0 bridgehead atoms. The summed E-state index contributed by atoms with van der Waals surface area (Å²) < 4.78 is 10.8. The third kappa shape index (κ3) is 6.68. The molecule has 0 radical (unpaired) electrons. The van der Waals surface area contributed by atoms with Crippen molar-refractivity contribution < 1.29 is 23.9 Å². The summed E-state index contributed by atoms with van der Waals surface area (Å²) in [5.41, 5.74) is 5.96. The van der Waals surface area contributed by atoms with Crippen LogP contribution in [0.5, 0.6) is 11.5 Å². The molecule has 0 aliphatic heterocycles. The number of hydrazone groups is 1. The lowest BCUT2D eigenvalue weighted by Crippen LogP contribution is -2.33. The highest BCUT2D eigenvalue weighted by atomic mass is 35.5. The lowest BCUT2D eigenvalue weighted by molar-refractivity contribution is -0.136. The van der Waals surface area contributed by atoms with Gasteiger partial charge in [-0.05, 0) is 68.8 Å². The molecule has 3 aromatic carbocycles. The van der Waals surface area contributed by atoms with Crippen LogP contribution < -0.4 is 20.2 Å². The number of nitrogens with one attached hydrogen (secondary N) is 2. The fraction of sp³-hybridized carbons (Fsp3) is 0.154. The summed E-state index contributed by atoms with van der Waals surface area (Å²) in [5, 5.41) is 6.97. The van der Waals surface area contributed by atoms with Crippen LogP contribution in [0.25, 0.3) is 0 Å². The summed E-state index contributed by atoms with van der Waals surface area (Å²) in [5.74, 6) is -1.86. The van der Waals surface area contributed by atoms with E-state index in [0.717, 1.165) is 11.1 Å². The lowest BCUT2D eigenvalue weighted by atomic mass is 10.1. The van der Waals surface area contributed by atoms with Crippen LogP contribution >= 0.6 is 11.6 Å². The van der Waals surface area contributed by atoms with Crippen LogP contribution in [0.4, 0.5) is 5.69 Å². The van der Waals surface area contributed by atoms with Crippen molar-refractivity contribution >= 4 is 40.8 Å². The second-order valence-electron chi connectivity index (χ2n) is 7.68. The molecule has 2 N–H and O–H groups in total. The van der Waals surface area contributed by atoms with Gasteiger partial charge >= 0.3 is 17.8 Å². The van der Waals surface area contributed by atoms with E-state index in [4.69, 9.17) is 21.1 Å². The predicted octanol–water partition coefficient (Wildman–Crippen LogP) is 4.66. The van der Waals surface area contributed by atoms with Crippen molar-refractivity contribution in [3.05, 3.63) is 87.9 Å². The van der Waals surface area contributed by atoms with Gasteiger partial charge in [0, 0.05) is 16.3 Å². The molecule has 0 saturated carbocycles. The molecule has 0 saturated heterocycles. The number of aryl methyl sites for hydroxylation is 2. The summed E-state index contributed by atoms with van der Waals surface area (Å²) in [6.07, 6.45) is 0. The molecular formula is C26H24ClN3O5. The van der Waals surface area contributed by atoms with Crippen molar-refractivity contribution in [1.82, 2.24) is 5.43 Å². The zero-order valence-corrected chi connectivity index (χ0v) is 20.4. The third-order valence-corrected chi connectivity index (χ3v) is 5.24. The number of carbonyl (C=O) groups excluding carboxylic acids is 3. The van der Waals surface area contributed by atoms with E-state index in [0.29, 0.717) is 27.5 Å². The summed E-state index contributed by atoms with van der Waals surface area (Å²) >= 11 is 5.93. The number of hydrogen-bond donors (Lipinski definition) is 2. The molecule has 9 heteroatoms. The van der Waals surface area contributed by atoms with Crippen LogP contribution in [0.15, 0.2) is 65.8 Å². The second kappa shape index (κ2) is 11.3. The Morgan fingerprint density at radius 1 is 0.886 bits per heavy atom. The van der Waals surface area contributed by atoms with Crippen molar-refractivity contribution in [2.45, 2.75) is 20.8 Å². The Morgan fingerprint density at radius 2 is 1.66 bits per heavy atom. The standard InChI is InChI=1S/C26H24ClN3O5/c1-15-8-10-21(16(2)12-15)28-24(31)25(32)30-29-17(3)18-9-11-22(23(14-18)34-4)35-26(33)19-6-5-7-20(27)13-19/h5-14H,1-4H3,(H,28,31)(H,30,32)/b29-17+. The SMILES string of the molecule is COc1cc(/C(C)=N/NC(=O)C(=O)Nc2ccc(C)cc2C)ccc1OC(=O)c1cccc(Cl)c1. The molecule has 35 heavy (non-hydrogen) atoms. The van der Waals surface area contributed by atoms with Gasteiger partial charge < -0.3 is 14.8 Å². The van der Waals surface area contributed by atoms with E-state index in [1.165, 1.54) is 13.2 Å². The molecule has 0 heterocycles. The maximum atomic E-state index is 12.4. The summed E-state index contributed by atoms with van der Waals surface area (Å²) in [4.78, 5) is 36.8. The summed E-state index contributed by atoms with van der Waals surface area (Å²) in [6, 6.07) is 16.7. The lowest BCUT2D eigenvalue weighted by Gasteiger charge is -2.11. The van der Waals surface area contributed by atoms with Gasteiger partial charge in [0.25, 0.3) is 0 Å². The molecule has 0 aliphatic rings. The van der Waals surface area contributed by atoms with Gasteiger partial charge in [-0.2, -0.15) is 5.10 Å². The van der Waals surface area contributed by atoms with Crippen LogP contribution in [0.2, 0.25) is 5.02 Å². The Balaban J connectivity index is 1.67. The van der Waals surface area contributed by atoms with E-state index >= 15 is 0 Å². The van der Waals surface area contributed by atoms with Gasteiger partial charge in [-0.25, -0.2) is 10.2 Å². The highest BCUT2D eigenvalue weighted by molar-refractivity contribution is 6.39. The molecule has 8 nitrogen and oxygen atoms in total. The van der Waals surface area contributed by atoms with Crippen LogP contribution in [0.3, 0.4) is 0 Å². The van der Waals surface area contributed by atoms with Gasteiger partial charge in [0.1, 0.15) is 0 Å². The van der Waals surface area contributed by atoms with E-state index in [1.807, 2.05) is 26.0 Å². The Bertz CT molecular complexity index is 1320. The first-order valence-corrected chi connectivity index (χ1v) is 10.9. The third-order valence-electron chi connectivity index (χ3n) is 5.01. The number of nitrogens with zero attached hydrogens (tertiary/aromatic N) is 1. The van der Waals surface area contributed by atoms with Crippen molar-refractivity contribution in [3.63, 3.8) is 0 Å². The number of halogens is 1. The quantitative estimate of drug-likeness (QED) is 0.171. The molecule has 0 unspecified atom stereocenters. The highest BCUT2D eigenvalue weighted by Gasteiger charge is 2.16. The van der Waals surface area contributed by atoms with Crippen molar-refractivity contribution in [2.24, 2.45) is 5.10 Å². The maximum Gasteiger partial charge on any atom is 0.343 e. The van der Waals surface area contributed by atoms with Crippen molar-refractivity contribution in [3.8, 4) is 11.5 Å². The number of esters is 1. The molecule has 0 fully saturated rings. The number of benzene rings is 3. The first-order valence-electron chi connectivity index (χ1n) is 10.6. The first kappa shape index (κ1) is 25.5. The van der Waals surface area contributed by atoms with Gasteiger partial charge in [0.15, 0.2) is 11.5 Å². The second-order valence-corrected chi connectivity index (χ2v) is 8.11. The van der Waals surface area contributed by atoms with E-state index in [9.17, 15) is 14.4 Å². The monoisotopic (exact) mass is 493 g/mol. The minimum atomic E-state index is -0.914. The number of carbonyl (C=O) groups is 3. The number of methoxy groups -OCH3 is 1. The molecule has 3 aromatic rings. The zero-order chi connectivity index (χ0) is 25.5. The zero-order valence-electron chi connectivity index (χ0n) is 19.6. The fourth-order valence-electron chi connectivity index (χ4n) is 3.13. The normalized spacial score (nSPS) is 10.9. The fourth-order valence-corrected chi connectivity index (χ4v) is 3.32. The Hall–Kier alpha value is -4.17. The minimum Gasteiger partial charge on any atom is -0.493 e. The Morgan fingerprint density at radius 3 is 2.34 bits per heavy atom. The number of anilines is 1. The topological polar surface area (TPSA) is 106 Å². The van der Waals surface area contributed by atoms with Crippen molar-refractivity contribution in [2.75, 3.05) is 12.4 Å². The molecular weight excluding hydrogens is 470 g/mol. The summed E-state index contributed by atoms with van der Waals surface area (Å²) in [6.45, 7) is 5.43. The predicted molar refractivity (Wildman–Crippen MR) is 134 cm³/mol. The molecule has 2 amide bonds. The van der Waals surface area contributed by atoms with Gasteiger partial charge in [-0.1, -0.05) is 35.4 Å². The van der Waals surface area contributed by atoms with E-state index in [-0.39, 0.29) is 11.5 Å². The molecule has 0 aliphatic carbocycles. The summed E-state index contributed by atoms with van der Waals surface area (Å²) in [7, 11) is 1.43. The Labute approximate surface area is 207 Å². The molecule has 0 aromatic heterocycles. The maximum absolute atomic E-state index is 12.4. The highest BCUT2D eigenvalue weighted by Crippen LogP contribution is 2.29. The van der Waals surface area contributed by atoms with E-state index < -0.39 is 17.8 Å². The number of amides is 2. The van der Waals surface area contributed by atoms with Crippen molar-refractivity contribution in [1.29, 1.82) is 0 Å². The molecule has 3 rings (SSSR count). The number of rotatable bonds is 6. The van der Waals surface area contributed by atoms with Gasteiger partial charge in [0.05, 0.1) is 18.4 Å². The van der Waals surface area contributed by atoms with Crippen LogP contribution in [-0.2, 0) is 9.59 Å². The first-order chi connectivity index (χ1) is 16.7. The van der Waals surface area contributed by atoms with E-state index in [2.05, 4.69) is 15.8 Å². The van der Waals surface area contributed by atoms with Gasteiger partial charge in [-0.3, -0.25) is 9.59 Å². The smallest absolute Gasteiger partial charge is 0.343 e. The number of hydrogen-bond acceptors (Lipinski definition) is 6. The number of ether oxygens (including phenoxy) is 2. The molecule has 0 atom stereocenters. The average molecular weight is 494 g/mol. The van der Waals surface area contributed by atoms with Gasteiger partial charge in [-0.15, -0.1) is 0 Å². The molecule has 180 valence electrons. The van der Waals surface area contributed by atoms with E-state index in [1.54, 1.807) is 49.4 Å².